The zero-order chi connectivity index (χ0) is 11.4. The third-order valence-corrected chi connectivity index (χ3v) is 3.44. The van der Waals surface area contributed by atoms with E-state index in [0.717, 1.165) is 12.5 Å². The smallest absolute Gasteiger partial charge is 0.0470 e. The summed E-state index contributed by atoms with van der Waals surface area (Å²) in [5, 5.41) is 0. The number of rotatable bonds is 6. The Balaban J connectivity index is 2.06. The largest absolute Gasteiger partial charge is 0.329 e. The van der Waals surface area contributed by atoms with Crippen LogP contribution in [-0.2, 0) is 0 Å². The van der Waals surface area contributed by atoms with E-state index in [1.54, 1.807) is 0 Å². The van der Waals surface area contributed by atoms with Gasteiger partial charge in [-0.15, -0.1) is 0 Å². The number of nitrogens with zero attached hydrogens (tertiary/aromatic N) is 1. The second kappa shape index (κ2) is 5.46. The summed E-state index contributed by atoms with van der Waals surface area (Å²) in [6.45, 7) is 5.25. The van der Waals surface area contributed by atoms with E-state index >= 15 is 0 Å². The Morgan fingerprint density at radius 2 is 2.00 bits per heavy atom. The van der Waals surface area contributed by atoms with Crippen LogP contribution in [-0.4, -0.2) is 24.5 Å². The molecule has 1 saturated carbocycles. The molecule has 0 radical (unpaired) electrons. The second-order valence-electron chi connectivity index (χ2n) is 4.69. The van der Waals surface area contributed by atoms with Gasteiger partial charge in [-0.1, -0.05) is 37.3 Å². The van der Waals surface area contributed by atoms with Gasteiger partial charge in [0.25, 0.3) is 0 Å². The van der Waals surface area contributed by atoms with Gasteiger partial charge in [0.1, 0.15) is 0 Å². The molecule has 1 aromatic carbocycles. The van der Waals surface area contributed by atoms with Crippen LogP contribution in [0.3, 0.4) is 0 Å². The number of likely N-dealkylation sites (N-methyl/N-ethyl adjacent to an activating group) is 1. The highest BCUT2D eigenvalue weighted by molar-refractivity contribution is 5.19. The lowest BCUT2D eigenvalue weighted by Crippen LogP contribution is -2.35. The van der Waals surface area contributed by atoms with Crippen LogP contribution in [0.2, 0.25) is 0 Å². The second-order valence-corrected chi connectivity index (χ2v) is 4.69. The maximum atomic E-state index is 5.94. The van der Waals surface area contributed by atoms with E-state index in [9.17, 15) is 0 Å². The van der Waals surface area contributed by atoms with Gasteiger partial charge in [0, 0.05) is 19.1 Å². The SMILES string of the molecule is CCN(CC1CC1)C(CN)c1ccccc1. The van der Waals surface area contributed by atoms with Crippen LogP contribution in [0, 0.1) is 5.92 Å². The van der Waals surface area contributed by atoms with E-state index in [-0.39, 0.29) is 0 Å². The first kappa shape index (κ1) is 11.6. The van der Waals surface area contributed by atoms with Gasteiger partial charge >= 0.3 is 0 Å². The van der Waals surface area contributed by atoms with Crippen molar-refractivity contribution < 1.29 is 0 Å². The molecule has 0 bridgehead atoms. The summed E-state index contributed by atoms with van der Waals surface area (Å²) >= 11 is 0. The van der Waals surface area contributed by atoms with Gasteiger partial charge in [-0.3, -0.25) is 4.90 Å². The Labute approximate surface area is 98.4 Å². The molecule has 2 rings (SSSR count). The lowest BCUT2D eigenvalue weighted by atomic mass is 10.1. The number of hydrogen-bond donors (Lipinski definition) is 1. The van der Waals surface area contributed by atoms with Crippen molar-refractivity contribution in [2.24, 2.45) is 11.7 Å². The molecule has 0 amide bonds. The van der Waals surface area contributed by atoms with Gasteiger partial charge < -0.3 is 5.73 Å². The molecule has 0 aromatic heterocycles. The molecule has 0 saturated heterocycles. The minimum absolute atomic E-state index is 0.395. The summed E-state index contributed by atoms with van der Waals surface area (Å²) in [6, 6.07) is 11.0. The predicted molar refractivity (Wildman–Crippen MR) is 68.2 cm³/mol. The Hall–Kier alpha value is -0.860. The van der Waals surface area contributed by atoms with Crippen LogP contribution in [0.25, 0.3) is 0 Å². The van der Waals surface area contributed by atoms with Crippen molar-refractivity contribution in [2.75, 3.05) is 19.6 Å². The molecule has 1 unspecified atom stereocenters. The molecule has 0 aliphatic heterocycles. The normalized spacial score (nSPS) is 17.7. The average Bonchev–Trinajstić information content (AvgIpc) is 3.14. The number of benzene rings is 1. The quantitative estimate of drug-likeness (QED) is 0.794. The van der Waals surface area contributed by atoms with Crippen molar-refractivity contribution in [2.45, 2.75) is 25.8 Å². The maximum Gasteiger partial charge on any atom is 0.0470 e. The zero-order valence-corrected chi connectivity index (χ0v) is 10.1. The molecule has 0 heterocycles. The molecule has 1 aliphatic carbocycles. The lowest BCUT2D eigenvalue weighted by molar-refractivity contribution is 0.203. The first-order valence-electron chi connectivity index (χ1n) is 6.34. The molecule has 0 spiro atoms. The first-order chi connectivity index (χ1) is 7.85. The molecule has 1 atom stereocenters. The molecule has 1 fully saturated rings. The zero-order valence-electron chi connectivity index (χ0n) is 10.1. The van der Waals surface area contributed by atoms with Crippen molar-refractivity contribution in [3.05, 3.63) is 35.9 Å². The van der Waals surface area contributed by atoms with Gasteiger partial charge in [0.2, 0.25) is 0 Å². The Kier molecular flexibility index (Phi) is 3.97. The fourth-order valence-electron chi connectivity index (χ4n) is 2.28. The molecule has 2 N–H and O–H groups in total. The van der Waals surface area contributed by atoms with Gasteiger partial charge in [0.15, 0.2) is 0 Å². The van der Waals surface area contributed by atoms with E-state index in [4.69, 9.17) is 5.73 Å². The number of hydrogen-bond acceptors (Lipinski definition) is 2. The highest BCUT2D eigenvalue weighted by atomic mass is 15.2. The Morgan fingerprint density at radius 3 is 2.50 bits per heavy atom. The molecule has 2 nitrogen and oxygen atoms in total. The third kappa shape index (κ3) is 2.83. The van der Waals surface area contributed by atoms with Crippen molar-refractivity contribution >= 4 is 0 Å². The van der Waals surface area contributed by atoms with Crippen LogP contribution in [0.1, 0.15) is 31.4 Å². The van der Waals surface area contributed by atoms with Gasteiger partial charge in [0.05, 0.1) is 0 Å². The Morgan fingerprint density at radius 1 is 1.31 bits per heavy atom. The minimum atomic E-state index is 0.395. The molecule has 1 aliphatic rings. The topological polar surface area (TPSA) is 29.3 Å². The molecular weight excluding hydrogens is 196 g/mol. The molecular formula is C14H22N2. The van der Waals surface area contributed by atoms with Gasteiger partial charge in [-0.25, -0.2) is 0 Å². The Bertz CT molecular complexity index is 306. The van der Waals surface area contributed by atoms with Crippen molar-refractivity contribution in [1.29, 1.82) is 0 Å². The fraction of sp³-hybridized carbons (Fsp3) is 0.571. The summed E-state index contributed by atoms with van der Waals surface area (Å²) in [7, 11) is 0. The van der Waals surface area contributed by atoms with Gasteiger partial charge in [-0.05, 0) is 30.9 Å². The van der Waals surface area contributed by atoms with Crippen LogP contribution < -0.4 is 5.73 Å². The lowest BCUT2D eigenvalue weighted by Gasteiger charge is -2.30. The predicted octanol–water partition coefficient (Wildman–Crippen LogP) is 2.42. The van der Waals surface area contributed by atoms with E-state index in [0.29, 0.717) is 12.6 Å². The molecule has 88 valence electrons. The van der Waals surface area contributed by atoms with E-state index in [1.165, 1.54) is 24.9 Å². The first-order valence-corrected chi connectivity index (χ1v) is 6.34. The van der Waals surface area contributed by atoms with Crippen molar-refractivity contribution in [3.8, 4) is 0 Å². The maximum absolute atomic E-state index is 5.94. The van der Waals surface area contributed by atoms with Crippen molar-refractivity contribution in [1.82, 2.24) is 4.90 Å². The average molecular weight is 218 g/mol. The fourth-order valence-corrected chi connectivity index (χ4v) is 2.28. The van der Waals surface area contributed by atoms with Gasteiger partial charge in [-0.2, -0.15) is 0 Å². The van der Waals surface area contributed by atoms with Crippen LogP contribution in [0.5, 0.6) is 0 Å². The van der Waals surface area contributed by atoms with E-state index in [1.807, 2.05) is 0 Å². The van der Waals surface area contributed by atoms with E-state index in [2.05, 4.69) is 42.2 Å². The molecule has 16 heavy (non-hydrogen) atoms. The molecule has 2 heteroatoms. The van der Waals surface area contributed by atoms with E-state index < -0.39 is 0 Å². The monoisotopic (exact) mass is 218 g/mol. The summed E-state index contributed by atoms with van der Waals surface area (Å²) in [4.78, 5) is 2.52. The van der Waals surface area contributed by atoms with Crippen LogP contribution in [0.15, 0.2) is 30.3 Å². The molecule has 1 aromatic rings. The summed E-state index contributed by atoms with van der Waals surface area (Å²) in [5.74, 6) is 0.928. The highest BCUT2D eigenvalue weighted by Gasteiger charge is 2.27. The van der Waals surface area contributed by atoms with Crippen LogP contribution in [0.4, 0.5) is 0 Å². The minimum Gasteiger partial charge on any atom is -0.329 e. The summed E-state index contributed by atoms with van der Waals surface area (Å²) < 4.78 is 0. The van der Waals surface area contributed by atoms with Crippen molar-refractivity contribution in [3.63, 3.8) is 0 Å². The standard InChI is InChI=1S/C14H22N2/c1-2-16(11-12-8-9-12)14(10-15)13-6-4-3-5-7-13/h3-7,12,14H,2,8-11,15H2,1H3. The third-order valence-electron chi connectivity index (χ3n) is 3.44. The van der Waals surface area contributed by atoms with Crippen LogP contribution >= 0.6 is 0 Å². The summed E-state index contributed by atoms with van der Waals surface area (Å²) in [5.41, 5.74) is 7.29. The summed E-state index contributed by atoms with van der Waals surface area (Å²) in [6.07, 6.45) is 2.81. The highest BCUT2D eigenvalue weighted by Crippen LogP contribution is 2.32. The number of nitrogens with two attached hydrogens (primary N) is 1.